The van der Waals surface area contributed by atoms with E-state index in [-0.39, 0.29) is 12.1 Å². The van der Waals surface area contributed by atoms with E-state index in [9.17, 15) is 4.79 Å². The van der Waals surface area contributed by atoms with Crippen molar-refractivity contribution in [1.29, 1.82) is 0 Å². The molecule has 0 saturated carbocycles. The van der Waals surface area contributed by atoms with E-state index < -0.39 is 0 Å². The van der Waals surface area contributed by atoms with Crippen molar-refractivity contribution in [2.75, 3.05) is 33.8 Å². The second-order valence-electron chi connectivity index (χ2n) is 6.44. The smallest absolute Gasteiger partial charge is 0.342 e. The number of rotatable bonds is 8. The average molecular weight is 342 g/mol. The Morgan fingerprint density at radius 1 is 1.00 bits per heavy atom. The quantitative estimate of drug-likeness (QED) is 0.536. The fourth-order valence-corrected chi connectivity index (χ4v) is 2.77. The first-order valence-electron chi connectivity index (χ1n) is 8.75. The van der Waals surface area contributed by atoms with Gasteiger partial charge in [-0.25, -0.2) is 4.79 Å². The largest absolute Gasteiger partial charge is 0.496 e. The van der Waals surface area contributed by atoms with Crippen LogP contribution in [0.4, 0.5) is 0 Å². The van der Waals surface area contributed by atoms with Gasteiger partial charge in [0.15, 0.2) is 6.10 Å². The van der Waals surface area contributed by atoms with Crippen molar-refractivity contribution in [1.82, 2.24) is 0 Å². The monoisotopic (exact) mass is 342 g/mol. The van der Waals surface area contributed by atoms with Crippen molar-refractivity contribution in [3.63, 3.8) is 0 Å². The van der Waals surface area contributed by atoms with E-state index >= 15 is 0 Å². The molecule has 0 N–H and O–H groups in total. The Labute approximate surface area is 150 Å². The van der Waals surface area contributed by atoms with Crippen LogP contribution in [0.1, 0.15) is 35.9 Å². The van der Waals surface area contributed by atoms with Gasteiger partial charge in [0.2, 0.25) is 0 Å². The molecular weight excluding hydrogens is 314 g/mol. The van der Waals surface area contributed by atoms with E-state index in [1.54, 1.807) is 19.2 Å². The van der Waals surface area contributed by atoms with E-state index in [4.69, 9.17) is 9.47 Å². The van der Waals surface area contributed by atoms with Crippen molar-refractivity contribution in [2.24, 2.45) is 0 Å². The number of carbonyl (C=O) groups is 1. The van der Waals surface area contributed by atoms with Crippen LogP contribution in [0.2, 0.25) is 0 Å². The summed E-state index contributed by atoms with van der Waals surface area (Å²) in [6.45, 7) is 7.01. The fourth-order valence-electron chi connectivity index (χ4n) is 2.77. The van der Waals surface area contributed by atoms with Crippen molar-refractivity contribution in [3.05, 3.63) is 65.7 Å². The number of carbonyl (C=O) groups excluding carboxylic acids is 1. The van der Waals surface area contributed by atoms with Gasteiger partial charge >= 0.3 is 5.97 Å². The Hall–Kier alpha value is -2.33. The highest BCUT2D eigenvalue weighted by Crippen LogP contribution is 2.25. The summed E-state index contributed by atoms with van der Waals surface area (Å²) in [6, 6.07) is 17.1. The van der Waals surface area contributed by atoms with E-state index in [1.807, 2.05) is 42.5 Å². The summed E-state index contributed by atoms with van der Waals surface area (Å²) < 4.78 is 12.1. The zero-order chi connectivity index (χ0) is 18.3. The van der Waals surface area contributed by atoms with Gasteiger partial charge in [0.1, 0.15) is 17.9 Å². The maximum atomic E-state index is 12.8. The lowest BCUT2D eigenvalue weighted by Crippen LogP contribution is -2.47. The molecule has 0 amide bonds. The standard InChI is InChI=1S/C21H28NO3/c1-5-22(3,6-2)16-20(17-12-8-7-9-13-17)25-21(23)18-14-10-11-15-19(18)24-4/h7-15,20H,5-6,16H2,1-4H3/q+1. The van der Waals surface area contributed by atoms with E-state index in [0.717, 1.165) is 29.7 Å². The normalized spacial score (nSPS) is 12.5. The molecule has 0 heterocycles. The summed E-state index contributed by atoms with van der Waals surface area (Å²) in [4.78, 5) is 12.8. The first-order chi connectivity index (χ1) is 12.0. The Bertz CT molecular complexity index is 681. The molecule has 0 aromatic heterocycles. The molecule has 0 spiro atoms. The summed E-state index contributed by atoms with van der Waals surface area (Å²) in [5.41, 5.74) is 1.46. The van der Waals surface area contributed by atoms with Crippen LogP contribution in [-0.4, -0.2) is 44.2 Å². The minimum absolute atomic E-state index is 0.302. The number of para-hydroxylation sites is 1. The van der Waals surface area contributed by atoms with Gasteiger partial charge in [0.25, 0.3) is 0 Å². The van der Waals surface area contributed by atoms with E-state index in [2.05, 4.69) is 20.9 Å². The number of hydrogen-bond acceptors (Lipinski definition) is 3. The van der Waals surface area contributed by atoms with Crippen LogP contribution in [-0.2, 0) is 4.74 Å². The van der Waals surface area contributed by atoms with Gasteiger partial charge in [-0.15, -0.1) is 0 Å². The van der Waals surface area contributed by atoms with E-state index in [1.165, 1.54) is 0 Å². The Balaban J connectivity index is 2.28. The van der Waals surface area contributed by atoms with Gasteiger partial charge in [-0.1, -0.05) is 42.5 Å². The summed E-state index contributed by atoms with van der Waals surface area (Å²) in [6.07, 6.45) is -0.302. The third-order valence-corrected chi connectivity index (χ3v) is 4.88. The predicted octanol–water partition coefficient (Wildman–Crippen LogP) is 4.08. The molecule has 0 radical (unpaired) electrons. The van der Waals surface area contributed by atoms with Crippen molar-refractivity contribution < 1.29 is 18.8 Å². The summed E-state index contributed by atoms with van der Waals surface area (Å²) in [7, 11) is 3.75. The minimum atomic E-state index is -0.356. The zero-order valence-corrected chi connectivity index (χ0v) is 15.6. The minimum Gasteiger partial charge on any atom is -0.496 e. The van der Waals surface area contributed by atoms with Crippen molar-refractivity contribution in [3.8, 4) is 5.75 Å². The van der Waals surface area contributed by atoms with Gasteiger partial charge < -0.3 is 14.0 Å². The number of likely N-dealkylation sites (N-methyl/N-ethyl adjacent to an activating group) is 1. The van der Waals surface area contributed by atoms with E-state index in [0.29, 0.717) is 11.3 Å². The third-order valence-electron chi connectivity index (χ3n) is 4.88. The van der Waals surface area contributed by atoms with Crippen LogP contribution in [0.5, 0.6) is 5.75 Å². The van der Waals surface area contributed by atoms with Crippen LogP contribution in [0, 0.1) is 0 Å². The number of hydrogen-bond donors (Lipinski definition) is 0. The van der Waals surface area contributed by atoms with Crippen molar-refractivity contribution in [2.45, 2.75) is 20.0 Å². The highest BCUT2D eigenvalue weighted by atomic mass is 16.5. The second-order valence-corrected chi connectivity index (χ2v) is 6.44. The molecule has 0 fully saturated rings. The maximum absolute atomic E-state index is 12.8. The third kappa shape index (κ3) is 4.83. The number of esters is 1. The summed E-state index contributed by atoms with van der Waals surface area (Å²) in [5, 5.41) is 0. The first kappa shape index (κ1) is 19.0. The topological polar surface area (TPSA) is 35.5 Å². The number of methoxy groups -OCH3 is 1. The van der Waals surface area contributed by atoms with Gasteiger partial charge in [0, 0.05) is 0 Å². The van der Waals surface area contributed by atoms with Crippen LogP contribution in [0.3, 0.4) is 0 Å². The molecule has 2 aromatic carbocycles. The molecule has 1 atom stereocenters. The second kappa shape index (κ2) is 8.67. The Kier molecular flexibility index (Phi) is 6.59. The molecule has 0 aliphatic heterocycles. The highest BCUT2D eigenvalue weighted by molar-refractivity contribution is 5.92. The molecule has 0 aliphatic rings. The highest BCUT2D eigenvalue weighted by Gasteiger charge is 2.28. The van der Waals surface area contributed by atoms with Gasteiger partial charge in [-0.05, 0) is 31.5 Å². The molecule has 4 heteroatoms. The predicted molar refractivity (Wildman–Crippen MR) is 99.7 cm³/mol. The lowest BCUT2D eigenvalue weighted by molar-refractivity contribution is -0.909. The number of ether oxygens (including phenoxy) is 2. The van der Waals surface area contributed by atoms with Crippen molar-refractivity contribution >= 4 is 5.97 Å². The van der Waals surface area contributed by atoms with Gasteiger partial charge in [-0.2, -0.15) is 0 Å². The average Bonchev–Trinajstić information content (AvgIpc) is 2.67. The first-order valence-corrected chi connectivity index (χ1v) is 8.75. The number of quaternary nitrogens is 1. The molecule has 0 bridgehead atoms. The maximum Gasteiger partial charge on any atom is 0.342 e. The van der Waals surface area contributed by atoms with Crippen LogP contribution >= 0.6 is 0 Å². The lowest BCUT2D eigenvalue weighted by atomic mass is 10.1. The fraction of sp³-hybridized carbons (Fsp3) is 0.381. The molecule has 25 heavy (non-hydrogen) atoms. The molecular formula is C21H28NO3+. The molecule has 0 saturated heterocycles. The Morgan fingerprint density at radius 2 is 1.60 bits per heavy atom. The SMILES string of the molecule is CC[N+](C)(CC)CC(OC(=O)c1ccccc1OC)c1ccccc1. The molecule has 1 unspecified atom stereocenters. The van der Waals surface area contributed by atoms with Crippen LogP contribution < -0.4 is 4.74 Å². The molecule has 2 aromatic rings. The lowest BCUT2D eigenvalue weighted by Gasteiger charge is -2.35. The van der Waals surface area contributed by atoms with Gasteiger partial charge in [0.05, 0.1) is 27.2 Å². The summed E-state index contributed by atoms with van der Waals surface area (Å²) in [5.74, 6) is 0.174. The zero-order valence-electron chi connectivity index (χ0n) is 15.6. The number of benzene rings is 2. The van der Waals surface area contributed by atoms with Crippen LogP contribution in [0.25, 0.3) is 0 Å². The molecule has 134 valence electrons. The summed E-state index contributed by atoms with van der Waals surface area (Å²) >= 11 is 0. The molecule has 0 aliphatic carbocycles. The van der Waals surface area contributed by atoms with Crippen LogP contribution in [0.15, 0.2) is 54.6 Å². The molecule has 4 nitrogen and oxygen atoms in total. The molecule has 2 rings (SSSR count). The van der Waals surface area contributed by atoms with Gasteiger partial charge in [-0.3, -0.25) is 0 Å². The Morgan fingerprint density at radius 3 is 2.20 bits per heavy atom. The number of nitrogens with zero attached hydrogens (tertiary/aromatic N) is 1.